The van der Waals surface area contributed by atoms with Gasteiger partial charge in [-0.1, -0.05) is 58.0 Å². The second-order valence-corrected chi connectivity index (χ2v) is 8.90. The molecule has 7 heteroatoms. The van der Waals surface area contributed by atoms with Gasteiger partial charge in [-0.05, 0) is 57.5 Å². The zero-order chi connectivity index (χ0) is 29.1. The molecule has 0 aliphatic rings. The number of rotatable bonds is 9. The lowest BCUT2D eigenvalue weighted by Gasteiger charge is -2.24. The highest BCUT2D eigenvalue weighted by molar-refractivity contribution is 5.98. The normalized spacial score (nSPS) is 10.1. The fraction of sp³-hybridized carbons (Fsp3) is 0.484. The van der Waals surface area contributed by atoms with Crippen LogP contribution in [0.2, 0.25) is 0 Å². The number of benzene rings is 2. The van der Waals surface area contributed by atoms with Crippen LogP contribution in [0.15, 0.2) is 54.6 Å². The number of aromatic nitrogens is 1. The monoisotopic (exact) mass is 527 g/mol. The van der Waals surface area contributed by atoms with Gasteiger partial charge in [-0.2, -0.15) is 0 Å². The third kappa shape index (κ3) is 12.3. The number of hydrogen-bond donors (Lipinski definition) is 1. The fourth-order valence-corrected chi connectivity index (χ4v) is 3.16. The number of methoxy groups -OCH3 is 2. The van der Waals surface area contributed by atoms with Gasteiger partial charge in [0.1, 0.15) is 11.4 Å². The molecule has 0 fully saturated rings. The van der Waals surface area contributed by atoms with Crippen LogP contribution in [0.1, 0.15) is 71.4 Å². The summed E-state index contributed by atoms with van der Waals surface area (Å²) < 4.78 is 10.2. The fourth-order valence-electron chi connectivity index (χ4n) is 3.16. The van der Waals surface area contributed by atoms with Crippen molar-refractivity contribution in [3.05, 3.63) is 65.9 Å². The van der Waals surface area contributed by atoms with Crippen LogP contribution in [0.4, 0.5) is 0 Å². The van der Waals surface area contributed by atoms with Crippen LogP contribution in [0, 0.1) is 0 Å². The average Bonchev–Trinajstić information content (AvgIpc) is 3.38. The number of carbonyl (C=O) groups is 2. The highest BCUT2D eigenvalue weighted by Crippen LogP contribution is 2.22. The summed E-state index contributed by atoms with van der Waals surface area (Å²) in [6.45, 7) is 18.0. The Morgan fingerprint density at radius 1 is 0.947 bits per heavy atom. The van der Waals surface area contributed by atoms with E-state index in [1.165, 1.54) is 0 Å². The number of ether oxygens (including phenoxy) is 2. The third-order valence-corrected chi connectivity index (χ3v) is 5.37. The van der Waals surface area contributed by atoms with Gasteiger partial charge in [0.05, 0.1) is 12.7 Å². The molecule has 0 radical (unpaired) electrons. The highest BCUT2D eigenvalue weighted by Gasteiger charge is 2.17. The van der Waals surface area contributed by atoms with Gasteiger partial charge in [-0.25, -0.2) is 0 Å². The van der Waals surface area contributed by atoms with Crippen LogP contribution in [0.5, 0.6) is 5.75 Å². The van der Waals surface area contributed by atoms with E-state index in [9.17, 15) is 9.59 Å². The Kier molecular flexibility index (Phi) is 17.2. The molecule has 7 nitrogen and oxygen atoms in total. The van der Waals surface area contributed by atoms with Gasteiger partial charge in [0.2, 0.25) is 6.41 Å². The molecule has 0 spiro atoms. The second kappa shape index (κ2) is 18.9. The Bertz CT molecular complexity index is 1040. The molecule has 2 aromatic carbocycles. The summed E-state index contributed by atoms with van der Waals surface area (Å²) in [5, 5.41) is 0.928. The van der Waals surface area contributed by atoms with E-state index in [4.69, 9.17) is 9.47 Å². The molecule has 1 aromatic heterocycles. The predicted octanol–water partition coefficient (Wildman–Crippen LogP) is 6.78. The Balaban J connectivity index is 0.00000119. The maximum absolute atomic E-state index is 12.9. The average molecular weight is 528 g/mol. The molecular weight excluding hydrogens is 478 g/mol. The van der Waals surface area contributed by atoms with E-state index in [1.54, 1.807) is 24.0 Å². The van der Waals surface area contributed by atoms with Crippen LogP contribution >= 0.6 is 0 Å². The number of likely N-dealkylation sites (N-methyl/N-ethyl adjacent to an activating group) is 1. The van der Waals surface area contributed by atoms with Crippen molar-refractivity contribution in [3.8, 4) is 5.75 Å². The number of H-pyrrole nitrogens is 1. The van der Waals surface area contributed by atoms with E-state index in [0.29, 0.717) is 31.9 Å². The minimum Gasteiger partial charge on any atom is -0.497 e. The van der Waals surface area contributed by atoms with Gasteiger partial charge in [0, 0.05) is 44.2 Å². The lowest BCUT2D eigenvalue weighted by molar-refractivity contribution is -0.118. The van der Waals surface area contributed by atoms with E-state index in [2.05, 4.69) is 4.98 Å². The van der Waals surface area contributed by atoms with Crippen LogP contribution < -0.4 is 4.74 Å². The summed E-state index contributed by atoms with van der Waals surface area (Å²) >= 11 is 0. The Morgan fingerprint density at radius 2 is 1.55 bits per heavy atom. The van der Waals surface area contributed by atoms with Crippen molar-refractivity contribution in [3.63, 3.8) is 0 Å². The first kappa shape index (κ1) is 34.7. The van der Waals surface area contributed by atoms with Crippen LogP contribution in [-0.2, 0) is 16.1 Å². The van der Waals surface area contributed by atoms with Crippen molar-refractivity contribution >= 4 is 23.2 Å². The summed E-state index contributed by atoms with van der Waals surface area (Å²) in [5.74, 6) is 0.670. The van der Waals surface area contributed by atoms with Crippen LogP contribution in [-0.4, -0.2) is 66.6 Å². The maximum Gasteiger partial charge on any atom is 0.270 e. The van der Waals surface area contributed by atoms with E-state index in [0.717, 1.165) is 28.6 Å². The molecule has 0 aliphatic carbocycles. The summed E-state index contributed by atoms with van der Waals surface area (Å²) in [4.78, 5) is 30.9. The summed E-state index contributed by atoms with van der Waals surface area (Å²) in [6.07, 6.45) is 0.834. The molecular formula is C31H49N3O4. The van der Waals surface area contributed by atoms with Crippen molar-refractivity contribution in [2.45, 2.75) is 67.5 Å². The zero-order valence-corrected chi connectivity index (χ0v) is 25.1. The number of amides is 2. The zero-order valence-electron chi connectivity index (χ0n) is 25.1. The molecule has 0 unspecified atom stereocenters. The summed E-state index contributed by atoms with van der Waals surface area (Å²) in [6, 6.07) is 17.3. The lowest BCUT2D eigenvalue weighted by atomic mass is 10.2. The van der Waals surface area contributed by atoms with Crippen molar-refractivity contribution in [2.24, 2.45) is 0 Å². The van der Waals surface area contributed by atoms with E-state index in [1.807, 2.05) is 110 Å². The molecule has 0 atom stereocenters. The van der Waals surface area contributed by atoms with Gasteiger partial charge < -0.3 is 24.3 Å². The molecule has 2 amide bonds. The van der Waals surface area contributed by atoms with Crippen LogP contribution in [0.3, 0.4) is 0 Å². The second-order valence-electron chi connectivity index (χ2n) is 8.90. The van der Waals surface area contributed by atoms with Gasteiger partial charge >= 0.3 is 0 Å². The number of nitrogens with one attached hydrogen (secondary N) is 1. The van der Waals surface area contributed by atoms with E-state index >= 15 is 0 Å². The molecule has 212 valence electrons. The first-order chi connectivity index (χ1) is 18.2. The van der Waals surface area contributed by atoms with Gasteiger partial charge in [-0.15, -0.1) is 0 Å². The molecule has 1 heterocycles. The van der Waals surface area contributed by atoms with Gasteiger partial charge in [0.25, 0.3) is 5.91 Å². The molecule has 0 saturated heterocycles. The first-order valence-electron chi connectivity index (χ1n) is 13.4. The van der Waals surface area contributed by atoms with Gasteiger partial charge in [-0.3, -0.25) is 9.59 Å². The third-order valence-electron chi connectivity index (χ3n) is 5.37. The standard InChI is InChI=1S/C22H25N3O3.C5H12O.2C2H6/c1-3-25(12-11-24(16-26)15-17-7-5-4-6-8-17)22(27)21-14-18-13-19(28-2)9-10-20(18)23-21;1-5(2,3)6-4;2*1-2/h4-10,13-14,16,23H,3,11-12,15H2,1-2H3;1-4H3;2*1-2H3. The Hall–Kier alpha value is -3.32. The molecule has 0 saturated carbocycles. The topological polar surface area (TPSA) is 74.9 Å². The smallest absolute Gasteiger partial charge is 0.270 e. The molecule has 3 rings (SSSR count). The van der Waals surface area contributed by atoms with E-state index in [-0.39, 0.29) is 11.5 Å². The van der Waals surface area contributed by atoms with Crippen molar-refractivity contribution in [1.82, 2.24) is 14.8 Å². The molecule has 0 aliphatic heterocycles. The van der Waals surface area contributed by atoms with Crippen molar-refractivity contribution < 1.29 is 19.1 Å². The molecule has 38 heavy (non-hydrogen) atoms. The Labute approximate surface area is 230 Å². The summed E-state index contributed by atoms with van der Waals surface area (Å²) in [5.41, 5.74) is 2.53. The maximum atomic E-state index is 12.9. The largest absolute Gasteiger partial charge is 0.497 e. The minimum atomic E-state index is -0.0803. The van der Waals surface area contributed by atoms with Crippen molar-refractivity contribution in [1.29, 1.82) is 0 Å². The number of fused-ring (bicyclic) bond motifs is 1. The number of aromatic amines is 1. The number of carbonyl (C=O) groups excluding carboxylic acids is 2. The number of nitrogens with zero attached hydrogens (tertiary/aromatic N) is 2. The SMILES string of the molecule is CC.CC.CCN(CCN(C=O)Cc1ccccc1)C(=O)c1cc2cc(OC)ccc2[nH]1.COC(C)(C)C. The predicted molar refractivity (Wildman–Crippen MR) is 159 cm³/mol. The molecule has 0 bridgehead atoms. The first-order valence-corrected chi connectivity index (χ1v) is 13.4. The minimum absolute atomic E-state index is 0.0417. The van der Waals surface area contributed by atoms with Gasteiger partial charge in [0.15, 0.2) is 0 Å². The van der Waals surface area contributed by atoms with Crippen LogP contribution in [0.25, 0.3) is 10.9 Å². The molecule has 1 N–H and O–H groups in total. The highest BCUT2D eigenvalue weighted by atomic mass is 16.5. The number of hydrogen-bond acceptors (Lipinski definition) is 4. The van der Waals surface area contributed by atoms with E-state index < -0.39 is 0 Å². The summed E-state index contributed by atoms with van der Waals surface area (Å²) in [7, 11) is 3.33. The quantitative estimate of drug-likeness (QED) is 0.311. The molecule has 3 aromatic rings. The Morgan fingerprint density at radius 3 is 2.05 bits per heavy atom. The van der Waals surface area contributed by atoms with Crippen molar-refractivity contribution in [2.75, 3.05) is 33.9 Å². The lowest BCUT2D eigenvalue weighted by Crippen LogP contribution is -2.38.